The van der Waals surface area contributed by atoms with Crippen molar-refractivity contribution in [2.45, 2.75) is 38.5 Å². The number of Topliss-reactive ketones (excluding diaryl/α,β-unsaturated/α-hetero) is 1. The van der Waals surface area contributed by atoms with Gasteiger partial charge in [0, 0.05) is 48.4 Å². The Morgan fingerprint density at radius 2 is 1.54 bits per heavy atom. The zero-order valence-corrected chi connectivity index (χ0v) is 20.5. The van der Waals surface area contributed by atoms with Crippen LogP contribution < -0.4 is 4.90 Å². The molecule has 2 aromatic carbocycles. The maximum Gasteiger partial charge on any atom is 0.259 e. The summed E-state index contributed by atoms with van der Waals surface area (Å²) >= 11 is 0. The molecule has 1 saturated heterocycles. The predicted molar refractivity (Wildman–Crippen MR) is 138 cm³/mol. The second-order valence-electron chi connectivity index (χ2n) is 9.75. The summed E-state index contributed by atoms with van der Waals surface area (Å²) in [6.45, 7) is 3.11. The van der Waals surface area contributed by atoms with Crippen molar-refractivity contribution < 1.29 is 9.59 Å². The Bertz CT molecular complexity index is 1160. The van der Waals surface area contributed by atoms with Gasteiger partial charge in [0.05, 0.1) is 0 Å². The Hall–Kier alpha value is -3.25. The van der Waals surface area contributed by atoms with Crippen LogP contribution in [0.3, 0.4) is 0 Å². The zero-order chi connectivity index (χ0) is 24.2. The van der Waals surface area contributed by atoms with Crippen molar-refractivity contribution in [3.05, 3.63) is 83.0 Å². The van der Waals surface area contributed by atoms with Crippen molar-refractivity contribution in [1.82, 2.24) is 14.7 Å². The number of nitrogens with zero attached hydrogens (tertiary/aromatic N) is 4. The molecule has 1 fully saturated rings. The third kappa shape index (κ3) is 5.08. The van der Waals surface area contributed by atoms with Gasteiger partial charge < -0.3 is 4.90 Å². The highest BCUT2D eigenvalue weighted by Gasteiger charge is 2.30. The van der Waals surface area contributed by atoms with Crippen molar-refractivity contribution in [2.75, 3.05) is 31.1 Å². The first-order valence-electron chi connectivity index (χ1n) is 12.8. The number of hydrogen-bond acceptors (Lipinski definition) is 4. The molecular formula is C29H34N4O2. The van der Waals surface area contributed by atoms with Crippen LogP contribution in [0.25, 0.3) is 0 Å². The average Bonchev–Trinajstić information content (AvgIpc) is 3.26. The molecule has 3 aromatic rings. The first-order valence-corrected chi connectivity index (χ1v) is 12.8. The van der Waals surface area contributed by atoms with Gasteiger partial charge in [-0.05, 0) is 63.7 Å². The van der Waals surface area contributed by atoms with Crippen molar-refractivity contribution in [1.29, 1.82) is 0 Å². The number of amides is 1. The van der Waals surface area contributed by atoms with Crippen LogP contribution in [0.5, 0.6) is 0 Å². The average molecular weight is 471 g/mol. The maximum atomic E-state index is 13.6. The highest BCUT2D eigenvalue weighted by Crippen LogP contribution is 2.31. The second-order valence-corrected chi connectivity index (χ2v) is 9.75. The molecule has 6 heteroatoms. The summed E-state index contributed by atoms with van der Waals surface area (Å²) in [5.41, 5.74) is 3.99. The number of hydrogen-bond donors (Lipinski definition) is 0. The fraction of sp³-hybridized carbons (Fsp3) is 0.414. The molecule has 0 radical (unpaired) electrons. The molecule has 0 spiro atoms. The molecule has 0 unspecified atom stereocenters. The lowest BCUT2D eigenvalue weighted by molar-refractivity contribution is 0.0841. The molecule has 1 aliphatic carbocycles. The molecule has 1 aliphatic heterocycles. The number of benzene rings is 2. The highest BCUT2D eigenvalue weighted by atomic mass is 16.2. The minimum absolute atomic E-state index is 0.00575. The van der Waals surface area contributed by atoms with E-state index >= 15 is 0 Å². The maximum absolute atomic E-state index is 13.6. The Kier molecular flexibility index (Phi) is 7.09. The third-order valence-corrected chi connectivity index (χ3v) is 7.52. The predicted octanol–water partition coefficient (Wildman–Crippen LogP) is 4.54. The van der Waals surface area contributed by atoms with E-state index in [4.69, 9.17) is 5.10 Å². The molecule has 0 N–H and O–H groups in total. The summed E-state index contributed by atoms with van der Waals surface area (Å²) in [5.74, 6) is 1.17. The van der Waals surface area contributed by atoms with Crippen LogP contribution in [-0.4, -0.2) is 52.5 Å². The normalized spacial score (nSPS) is 16.6. The van der Waals surface area contributed by atoms with Gasteiger partial charge in [0.2, 0.25) is 0 Å². The van der Waals surface area contributed by atoms with E-state index < -0.39 is 0 Å². The molecule has 182 valence electrons. The Morgan fingerprint density at radius 1 is 0.914 bits per heavy atom. The number of aryl methyl sites for hydroxylation is 1. The van der Waals surface area contributed by atoms with Gasteiger partial charge in [-0.3, -0.25) is 19.2 Å². The van der Waals surface area contributed by atoms with Gasteiger partial charge in [-0.1, -0.05) is 48.5 Å². The minimum atomic E-state index is 0.00575. The summed E-state index contributed by atoms with van der Waals surface area (Å²) in [7, 11) is 1.99. The lowest BCUT2D eigenvalue weighted by Crippen LogP contribution is -2.43. The summed E-state index contributed by atoms with van der Waals surface area (Å²) in [5, 5.41) is 4.83. The quantitative estimate of drug-likeness (QED) is 0.476. The number of piperidine rings is 1. The topological polar surface area (TPSA) is 58.4 Å². The van der Waals surface area contributed by atoms with Gasteiger partial charge in [0.25, 0.3) is 5.91 Å². The van der Waals surface area contributed by atoms with E-state index in [0.717, 1.165) is 63.1 Å². The van der Waals surface area contributed by atoms with Gasteiger partial charge in [0.1, 0.15) is 0 Å². The van der Waals surface area contributed by atoms with Crippen LogP contribution in [-0.2, 0) is 19.9 Å². The number of carbonyl (C=O) groups is 2. The number of fused-ring (bicyclic) bond motifs is 1. The van der Waals surface area contributed by atoms with Crippen LogP contribution in [0.15, 0.2) is 60.7 Å². The van der Waals surface area contributed by atoms with E-state index in [1.165, 1.54) is 17.7 Å². The molecule has 2 aliphatic rings. The highest BCUT2D eigenvalue weighted by molar-refractivity contribution is 6.06. The van der Waals surface area contributed by atoms with E-state index in [1.807, 2.05) is 77.3 Å². The number of rotatable bonds is 7. The summed E-state index contributed by atoms with van der Waals surface area (Å²) in [6.07, 6.45) is 6.04. The number of anilines is 1. The van der Waals surface area contributed by atoms with Crippen molar-refractivity contribution in [3.63, 3.8) is 0 Å². The first kappa shape index (κ1) is 23.5. The fourth-order valence-electron chi connectivity index (χ4n) is 5.51. The van der Waals surface area contributed by atoms with Crippen LogP contribution in [0.1, 0.15) is 57.7 Å². The van der Waals surface area contributed by atoms with Crippen LogP contribution in [0.4, 0.5) is 5.82 Å². The lowest BCUT2D eigenvalue weighted by atomic mass is 9.89. The molecule has 0 atom stereocenters. The van der Waals surface area contributed by atoms with Crippen molar-refractivity contribution in [3.8, 4) is 0 Å². The van der Waals surface area contributed by atoms with Gasteiger partial charge in [-0.2, -0.15) is 5.10 Å². The van der Waals surface area contributed by atoms with E-state index in [1.54, 1.807) is 0 Å². The molecule has 5 rings (SSSR count). The first-order chi connectivity index (χ1) is 17.1. The van der Waals surface area contributed by atoms with E-state index in [0.29, 0.717) is 12.1 Å². The van der Waals surface area contributed by atoms with Crippen molar-refractivity contribution in [2.24, 2.45) is 13.0 Å². The van der Waals surface area contributed by atoms with E-state index in [-0.39, 0.29) is 17.6 Å². The molecule has 0 saturated carbocycles. The fourth-order valence-corrected chi connectivity index (χ4v) is 5.51. The third-order valence-electron chi connectivity index (χ3n) is 7.52. The molecule has 1 aromatic heterocycles. The van der Waals surface area contributed by atoms with E-state index in [2.05, 4.69) is 4.90 Å². The molecular weight excluding hydrogens is 436 g/mol. The van der Waals surface area contributed by atoms with E-state index in [9.17, 15) is 9.59 Å². The summed E-state index contributed by atoms with van der Waals surface area (Å²) < 4.78 is 1.97. The van der Waals surface area contributed by atoms with Crippen molar-refractivity contribution >= 4 is 17.5 Å². The Labute approximate surface area is 207 Å². The standard InChI is InChI=1S/C29H34N4O2/c1-31-26-15-9-8-14-25(26)28(30-31)33(29(35)24-12-6-3-7-13-24)21-20-32-18-16-23(17-19-32)27(34)22-10-4-2-5-11-22/h2-7,10-13,23H,8-9,14-21H2,1H3. The van der Waals surface area contributed by atoms with Crippen LogP contribution in [0.2, 0.25) is 0 Å². The number of aromatic nitrogens is 2. The Balaban J connectivity index is 1.28. The van der Waals surface area contributed by atoms with Gasteiger partial charge in [-0.25, -0.2) is 0 Å². The molecule has 0 bridgehead atoms. The summed E-state index contributed by atoms with van der Waals surface area (Å²) in [6, 6.07) is 19.1. The van der Waals surface area contributed by atoms with Gasteiger partial charge in [0.15, 0.2) is 11.6 Å². The SMILES string of the molecule is Cn1nc(N(CCN2CCC(C(=O)c3ccccc3)CC2)C(=O)c2ccccc2)c2c1CCCC2. The smallest absolute Gasteiger partial charge is 0.259 e. The number of carbonyl (C=O) groups excluding carboxylic acids is 2. The Morgan fingerprint density at radius 3 is 2.23 bits per heavy atom. The zero-order valence-electron chi connectivity index (χ0n) is 20.5. The molecule has 35 heavy (non-hydrogen) atoms. The van der Waals surface area contributed by atoms with Gasteiger partial charge >= 0.3 is 0 Å². The summed E-state index contributed by atoms with van der Waals surface area (Å²) in [4.78, 5) is 30.8. The number of likely N-dealkylation sites (tertiary alicyclic amines) is 1. The largest absolute Gasteiger partial charge is 0.302 e. The molecule has 1 amide bonds. The monoisotopic (exact) mass is 470 g/mol. The van der Waals surface area contributed by atoms with Gasteiger partial charge in [-0.15, -0.1) is 0 Å². The lowest BCUT2D eigenvalue weighted by Gasteiger charge is -2.33. The molecule has 2 heterocycles. The van der Waals surface area contributed by atoms with Crippen LogP contribution >= 0.6 is 0 Å². The number of ketones is 1. The van der Waals surface area contributed by atoms with Crippen LogP contribution in [0, 0.1) is 5.92 Å². The second kappa shape index (κ2) is 10.6. The minimum Gasteiger partial charge on any atom is -0.302 e. The molecule has 6 nitrogen and oxygen atoms in total.